The highest BCUT2D eigenvalue weighted by Crippen LogP contribution is 2.44. The number of para-hydroxylation sites is 1. The fraction of sp³-hybridized carbons (Fsp3) is 0.296. The van der Waals surface area contributed by atoms with Crippen LogP contribution in [0.5, 0.6) is 23.0 Å². The predicted octanol–water partition coefficient (Wildman–Crippen LogP) is 10.1. The van der Waals surface area contributed by atoms with E-state index in [1.165, 1.54) is 49.3 Å². The largest absolute Gasteiger partial charge is 0.497 e. The van der Waals surface area contributed by atoms with Crippen LogP contribution in [-0.4, -0.2) is 73.7 Å². The second kappa shape index (κ2) is 23.0. The number of sulfonamides is 1. The number of fused-ring (bicyclic) bond motifs is 2. The molecule has 0 fully saturated rings. The molecule has 2 N–H and O–H groups in total. The zero-order valence-electron chi connectivity index (χ0n) is 40.8. The van der Waals surface area contributed by atoms with Crippen LogP contribution in [0.4, 0.5) is 15.8 Å². The van der Waals surface area contributed by atoms with Crippen LogP contribution in [0.15, 0.2) is 136 Å². The first-order valence-electron chi connectivity index (χ1n) is 23.6. The lowest BCUT2D eigenvalue weighted by molar-refractivity contribution is -0.116. The van der Waals surface area contributed by atoms with Crippen molar-refractivity contribution < 1.29 is 49.2 Å². The number of anilines is 2. The second-order valence-electron chi connectivity index (χ2n) is 16.7. The zero-order chi connectivity index (χ0) is 50.9. The first-order valence-corrected chi connectivity index (χ1v) is 26.6. The molecule has 2 aliphatic rings. The van der Waals surface area contributed by atoms with E-state index in [1.54, 1.807) is 42.5 Å². The van der Waals surface area contributed by atoms with Crippen molar-refractivity contribution in [2.45, 2.75) is 70.2 Å². The SMILES string of the molecule is CCN(CC)c1ccc2c(-c3ccc(S(=O)(=O)NCCCCCOc4ccc(OC)cc4CN(C(C)=O)c4cc(F)ccc4Oc4ccccc4)cc3S(=O)(=O)O)c3ccc(=[N+](CC)CC)cc-3oc2c1. The average Bonchev–Trinajstić information content (AvgIpc) is 3.35. The summed E-state index contributed by atoms with van der Waals surface area (Å²) >= 11 is 0. The number of nitrogens with one attached hydrogen (secondary N) is 1. The van der Waals surface area contributed by atoms with Gasteiger partial charge in [-0.2, -0.15) is 8.42 Å². The minimum Gasteiger partial charge on any atom is -0.497 e. The van der Waals surface area contributed by atoms with Gasteiger partial charge in [-0.25, -0.2) is 22.1 Å². The first kappa shape index (κ1) is 52.0. The molecule has 0 saturated heterocycles. The highest BCUT2D eigenvalue weighted by atomic mass is 32.2. The highest BCUT2D eigenvalue weighted by molar-refractivity contribution is 7.89. The Morgan fingerprint density at radius 1 is 0.775 bits per heavy atom. The Bertz CT molecular complexity index is 3280. The fourth-order valence-corrected chi connectivity index (χ4v) is 10.5. The number of nitrogens with zero attached hydrogens (tertiary/aromatic N) is 3. The lowest BCUT2D eigenvalue weighted by Crippen LogP contribution is -2.29. The van der Waals surface area contributed by atoms with Crippen molar-refractivity contribution in [3.8, 4) is 45.4 Å². The van der Waals surface area contributed by atoms with E-state index < -0.39 is 30.9 Å². The van der Waals surface area contributed by atoms with Crippen molar-refractivity contribution in [3.05, 3.63) is 138 Å². The molecule has 0 aromatic heterocycles. The van der Waals surface area contributed by atoms with Crippen LogP contribution in [0.3, 0.4) is 0 Å². The highest BCUT2D eigenvalue weighted by Gasteiger charge is 2.28. The monoisotopic (exact) mass is 1010 g/mol. The van der Waals surface area contributed by atoms with E-state index in [1.807, 2.05) is 42.5 Å². The molecule has 71 heavy (non-hydrogen) atoms. The van der Waals surface area contributed by atoms with Gasteiger partial charge in [0.1, 0.15) is 52.4 Å². The molecule has 14 nitrogen and oxygen atoms in total. The number of methoxy groups -OCH3 is 1. The molecule has 0 radical (unpaired) electrons. The standard InChI is InChI=1S/C54H59FN4O10S2/c1-7-57(8-2)40-20-24-45-51(33-40)69-52-34-41(58(9-3)10-4)21-25-46(52)54(45)47-26-23-44(35-53(47)71(63,64)65)70(61,62)56-29-15-12-16-30-67-49-28-22-43(66-6)31-38(49)36-59(37(5)60)48-32-39(55)19-27-50(48)68-42-17-13-11-14-18-42/h11,13-14,17-28,31-35,56H,7-10,12,15-16,29-30,36H2,1-6H3/p+1. The van der Waals surface area contributed by atoms with Crippen molar-refractivity contribution in [1.29, 1.82) is 0 Å². The maximum atomic E-state index is 14.7. The van der Waals surface area contributed by atoms with Gasteiger partial charge in [0.05, 0.1) is 36.9 Å². The normalized spacial score (nSPS) is 11.7. The summed E-state index contributed by atoms with van der Waals surface area (Å²) in [5.74, 6) is 1.37. The van der Waals surface area contributed by atoms with Crippen molar-refractivity contribution in [1.82, 2.24) is 9.30 Å². The molecule has 5 aromatic rings. The third-order valence-corrected chi connectivity index (χ3v) is 14.6. The lowest BCUT2D eigenvalue weighted by atomic mass is 9.93. The van der Waals surface area contributed by atoms with Crippen molar-refractivity contribution in [2.75, 3.05) is 56.2 Å². The summed E-state index contributed by atoms with van der Waals surface area (Å²) in [6.07, 6.45) is 1.50. The molecule has 17 heteroatoms. The van der Waals surface area contributed by atoms with E-state index in [-0.39, 0.29) is 47.5 Å². The molecule has 1 aliphatic heterocycles. The van der Waals surface area contributed by atoms with Crippen molar-refractivity contribution >= 4 is 48.4 Å². The first-order chi connectivity index (χ1) is 34.1. The van der Waals surface area contributed by atoms with Crippen molar-refractivity contribution in [2.24, 2.45) is 0 Å². The number of ether oxygens (including phenoxy) is 3. The number of benzene rings is 6. The van der Waals surface area contributed by atoms with Gasteiger partial charge in [-0.1, -0.05) is 24.3 Å². The summed E-state index contributed by atoms with van der Waals surface area (Å²) in [6.45, 7) is 12.9. The average molecular weight is 1010 g/mol. The van der Waals surface area contributed by atoms with Crippen molar-refractivity contribution in [3.63, 3.8) is 0 Å². The van der Waals surface area contributed by atoms with E-state index in [2.05, 4.69) is 41.9 Å². The number of rotatable bonds is 22. The Hall–Kier alpha value is -6.79. The number of unbranched alkanes of at least 4 members (excludes halogenated alkanes) is 2. The van der Waals surface area contributed by atoms with Crippen LogP contribution in [0, 0.1) is 5.82 Å². The Morgan fingerprint density at radius 3 is 2.20 bits per heavy atom. The Labute approximate surface area is 415 Å². The topological polar surface area (TPSA) is 168 Å². The number of hydrogen-bond donors (Lipinski definition) is 2. The minimum absolute atomic E-state index is 0.00243. The summed E-state index contributed by atoms with van der Waals surface area (Å²) in [5, 5.41) is 1.50. The molecular weight excluding hydrogens is 948 g/mol. The second-order valence-corrected chi connectivity index (χ2v) is 19.9. The zero-order valence-corrected chi connectivity index (χ0v) is 42.4. The van der Waals surface area contributed by atoms with Gasteiger partial charge in [-0.3, -0.25) is 9.35 Å². The van der Waals surface area contributed by atoms with Gasteiger partial charge in [0.25, 0.3) is 10.1 Å². The maximum absolute atomic E-state index is 14.7. The molecule has 5 aromatic carbocycles. The summed E-state index contributed by atoms with van der Waals surface area (Å²) in [5.41, 5.74) is 3.40. The molecule has 1 heterocycles. The van der Waals surface area contributed by atoms with Gasteiger partial charge < -0.3 is 28.4 Å². The number of amides is 1. The van der Waals surface area contributed by atoms with Gasteiger partial charge >= 0.3 is 0 Å². The molecule has 0 saturated carbocycles. The van der Waals surface area contributed by atoms with E-state index >= 15 is 0 Å². The van der Waals surface area contributed by atoms with Crippen LogP contribution in [0.1, 0.15) is 59.4 Å². The third kappa shape index (κ3) is 12.2. The van der Waals surface area contributed by atoms with Crippen LogP contribution in [-0.2, 0) is 31.5 Å². The molecule has 0 atom stereocenters. The van der Waals surface area contributed by atoms with Gasteiger partial charge in [-0.15, -0.1) is 0 Å². The summed E-state index contributed by atoms with van der Waals surface area (Å²) in [7, 11) is -7.69. The molecular formula is C54H60FN4O10S2+. The summed E-state index contributed by atoms with van der Waals surface area (Å²) in [4.78, 5) is 15.8. The van der Waals surface area contributed by atoms with E-state index in [0.29, 0.717) is 69.9 Å². The van der Waals surface area contributed by atoms with Gasteiger partial charge in [0.2, 0.25) is 21.3 Å². The quantitative estimate of drug-likeness (QED) is 0.0287. The Kier molecular flexibility index (Phi) is 16.8. The molecule has 1 aliphatic carbocycles. The lowest BCUT2D eigenvalue weighted by Gasteiger charge is -2.25. The molecule has 0 unspecified atom stereocenters. The number of carbonyl (C=O) groups is 1. The van der Waals surface area contributed by atoms with Crippen LogP contribution < -0.4 is 38.7 Å². The number of halogens is 1. The Morgan fingerprint density at radius 2 is 1.51 bits per heavy atom. The Balaban J connectivity index is 1.06. The molecule has 1 amide bonds. The molecule has 7 rings (SSSR count). The van der Waals surface area contributed by atoms with Gasteiger partial charge in [0.15, 0.2) is 5.75 Å². The fourth-order valence-electron chi connectivity index (χ4n) is 8.58. The van der Waals surface area contributed by atoms with Crippen LogP contribution in [0.2, 0.25) is 0 Å². The number of hydrogen-bond acceptors (Lipinski definition) is 10. The number of carbonyl (C=O) groups excluding carboxylic acids is 1. The minimum atomic E-state index is -4.97. The van der Waals surface area contributed by atoms with E-state index in [4.69, 9.17) is 18.6 Å². The van der Waals surface area contributed by atoms with Crippen LogP contribution in [0.25, 0.3) is 33.4 Å². The third-order valence-electron chi connectivity index (χ3n) is 12.3. The molecule has 0 spiro atoms. The maximum Gasteiger partial charge on any atom is 0.295 e. The van der Waals surface area contributed by atoms with Gasteiger partial charge in [-0.05, 0) is 120 Å². The summed E-state index contributed by atoms with van der Waals surface area (Å²) in [6, 6.07) is 33.3. The molecule has 0 bridgehead atoms. The molecule has 374 valence electrons. The van der Waals surface area contributed by atoms with E-state index in [0.717, 1.165) is 43.3 Å². The van der Waals surface area contributed by atoms with E-state index in [9.17, 15) is 30.6 Å². The smallest absolute Gasteiger partial charge is 0.295 e. The summed E-state index contributed by atoms with van der Waals surface area (Å²) < 4.78 is 108. The van der Waals surface area contributed by atoms with Gasteiger partial charge in [0, 0.05) is 78.1 Å². The predicted molar refractivity (Wildman–Crippen MR) is 275 cm³/mol. The van der Waals surface area contributed by atoms with Crippen LogP contribution >= 0.6 is 0 Å².